The average Bonchev–Trinajstić information content (AvgIpc) is 2.46. The topological polar surface area (TPSA) is 65.9 Å². The molecule has 0 aromatic heterocycles. The number of nitrogens with zero attached hydrogens (tertiary/aromatic N) is 1. The van der Waals surface area contributed by atoms with Crippen LogP contribution in [0.1, 0.15) is 25.8 Å². The van der Waals surface area contributed by atoms with Crippen LogP contribution in [0.15, 0.2) is 23.2 Å². The van der Waals surface area contributed by atoms with Gasteiger partial charge in [-0.05, 0) is 31.4 Å². The SMILES string of the molecule is CCCN=C(NCC)NCCc1ccc(OC)cc1O. The van der Waals surface area contributed by atoms with Gasteiger partial charge in [0, 0.05) is 25.7 Å². The van der Waals surface area contributed by atoms with Crippen LogP contribution >= 0.6 is 0 Å². The van der Waals surface area contributed by atoms with Crippen LogP contribution < -0.4 is 15.4 Å². The number of phenols is 1. The number of hydrogen-bond acceptors (Lipinski definition) is 3. The summed E-state index contributed by atoms with van der Waals surface area (Å²) in [7, 11) is 1.59. The van der Waals surface area contributed by atoms with Gasteiger partial charge in [0.1, 0.15) is 11.5 Å². The van der Waals surface area contributed by atoms with Gasteiger partial charge in [-0.2, -0.15) is 0 Å². The van der Waals surface area contributed by atoms with E-state index >= 15 is 0 Å². The van der Waals surface area contributed by atoms with Gasteiger partial charge in [-0.1, -0.05) is 13.0 Å². The molecule has 0 atom stereocenters. The van der Waals surface area contributed by atoms with E-state index in [9.17, 15) is 5.11 Å². The molecule has 0 spiro atoms. The van der Waals surface area contributed by atoms with E-state index in [1.165, 1.54) is 0 Å². The first-order chi connectivity index (χ1) is 9.71. The first-order valence-corrected chi connectivity index (χ1v) is 7.09. The number of nitrogens with one attached hydrogen (secondary N) is 2. The molecule has 0 saturated heterocycles. The van der Waals surface area contributed by atoms with Gasteiger partial charge in [0.2, 0.25) is 0 Å². The normalized spacial score (nSPS) is 11.2. The summed E-state index contributed by atoms with van der Waals surface area (Å²) in [5.41, 5.74) is 0.893. The van der Waals surface area contributed by atoms with Gasteiger partial charge in [-0.25, -0.2) is 0 Å². The van der Waals surface area contributed by atoms with E-state index in [0.29, 0.717) is 5.75 Å². The largest absolute Gasteiger partial charge is 0.508 e. The minimum Gasteiger partial charge on any atom is -0.508 e. The van der Waals surface area contributed by atoms with Crippen molar-refractivity contribution in [3.63, 3.8) is 0 Å². The lowest BCUT2D eigenvalue weighted by atomic mass is 10.1. The first-order valence-electron chi connectivity index (χ1n) is 7.09. The van der Waals surface area contributed by atoms with E-state index < -0.39 is 0 Å². The Kier molecular flexibility index (Phi) is 7.32. The Bertz CT molecular complexity index is 433. The Morgan fingerprint density at radius 1 is 1.30 bits per heavy atom. The minimum atomic E-state index is 0.265. The van der Waals surface area contributed by atoms with Gasteiger partial charge in [0.25, 0.3) is 0 Å². The van der Waals surface area contributed by atoms with E-state index in [1.54, 1.807) is 13.2 Å². The molecular weight excluding hydrogens is 254 g/mol. The van der Waals surface area contributed by atoms with Crippen molar-refractivity contribution in [3.8, 4) is 11.5 Å². The van der Waals surface area contributed by atoms with Crippen LogP contribution in [-0.4, -0.2) is 37.8 Å². The summed E-state index contributed by atoms with van der Waals surface area (Å²) in [6, 6.07) is 5.36. The highest BCUT2D eigenvalue weighted by atomic mass is 16.5. The second-order valence-electron chi connectivity index (χ2n) is 4.43. The Hall–Kier alpha value is -1.91. The van der Waals surface area contributed by atoms with Crippen molar-refractivity contribution in [1.82, 2.24) is 10.6 Å². The molecule has 0 saturated carbocycles. The second-order valence-corrected chi connectivity index (χ2v) is 4.43. The number of benzene rings is 1. The summed E-state index contributed by atoms with van der Waals surface area (Å²) >= 11 is 0. The van der Waals surface area contributed by atoms with Crippen molar-refractivity contribution in [2.45, 2.75) is 26.7 Å². The van der Waals surface area contributed by atoms with Crippen LogP contribution in [-0.2, 0) is 6.42 Å². The Balaban J connectivity index is 2.49. The number of aromatic hydroxyl groups is 1. The van der Waals surface area contributed by atoms with E-state index in [4.69, 9.17) is 4.74 Å². The number of hydrogen-bond donors (Lipinski definition) is 3. The monoisotopic (exact) mass is 279 g/mol. The molecule has 1 aromatic carbocycles. The van der Waals surface area contributed by atoms with Crippen LogP contribution in [0.5, 0.6) is 11.5 Å². The number of aliphatic imine (C=N–C) groups is 1. The number of guanidine groups is 1. The molecule has 1 rings (SSSR count). The fraction of sp³-hybridized carbons (Fsp3) is 0.533. The molecule has 5 heteroatoms. The summed E-state index contributed by atoms with van der Waals surface area (Å²) in [4.78, 5) is 4.42. The summed E-state index contributed by atoms with van der Waals surface area (Å²) < 4.78 is 5.06. The lowest BCUT2D eigenvalue weighted by Crippen LogP contribution is -2.38. The van der Waals surface area contributed by atoms with Crippen molar-refractivity contribution in [2.24, 2.45) is 4.99 Å². The van der Waals surface area contributed by atoms with Crippen molar-refractivity contribution in [3.05, 3.63) is 23.8 Å². The lowest BCUT2D eigenvalue weighted by molar-refractivity contribution is 0.406. The van der Waals surface area contributed by atoms with Gasteiger partial charge in [0.05, 0.1) is 7.11 Å². The molecule has 0 heterocycles. The maximum atomic E-state index is 9.88. The molecule has 112 valence electrons. The number of methoxy groups -OCH3 is 1. The second kappa shape index (κ2) is 9.07. The highest BCUT2D eigenvalue weighted by molar-refractivity contribution is 5.79. The van der Waals surface area contributed by atoms with Crippen molar-refractivity contribution in [1.29, 1.82) is 0 Å². The molecular formula is C15H25N3O2. The summed E-state index contributed by atoms with van der Waals surface area (Å²) in [6.07, 6.45) is 1.75. The van der Waals surface area contributed by atoms with E-state index in [0.717, 1.165) is 44.0 Å². The Labute approximate surface area is 121 Å². The third-order valence-electron chi connectivity index (χ3n) is 2.82. The molecule has 0 bridgehead atoms. The molecule has 20 heavy (non-hydrogen) atoms. The predicted molar refractivity (Wildman–Crippen MR) is 82.6 cm³/mol. The molecule has 0 aliphatic heterocycles. The zero-order chi connectivity index (χ0) is 14.8. The Morgan fingerprint density at radius 3 is 2.70 bits per heavy atom. The quantitative estimate of drug-likeness (QED) is 0.527. The number of rotatable bonds is 7. The predicted octanol–water partition coefficient (Wildman–Crippen LogP) is 1.91. The van der Waals surface area contributed by atoms with Crippen LogP contribution in [0.2, 0.25) is 0 Å². The molecule has 0 aliphatic carbocycles. The molecule has 0 fully saturated rings. The van der Waals surface area contributed by atoms with E-state index in [1.807, 2.05) is 19.1 Å². The standard InChI is InChI=1S/C15H25N3O2/c1-4-9-17-15(16-5-2)18-10-8-12-6-7-13(20-3)11-14(12)19/h6-7,11,19H,4-5,8-10H2,1-3H3,(H2,16,17,18). The molecule has 1 aromatic rings. The third kappa shape index (κ3) is 5.38. The van der Waals surface area contributed by atoms with Crippen molar-refractivity contribution < 1.29 is 9.84 Å². The number of ether oxygens (including phenoxy) is 1. The van der Waals surface area contributed by atoms with Gasteiger partial charge < -0.3 is 20.5 Å². The average molecular weight is 279 g/mol. The molecule has 0 amide bonds. The van der Waals surface area contributed by atoms with Crippen LogP contribution in [0.25, 0.3) is 0 Å². The fourth-order valence-corrected chi connectivity index (χ4v) is 1.76. The fourth-order valence-electron chi connectivity index (χ4n) is 1.76. The summed E-state index contributed by atoms with van der Waals surface area (Å²) in [5, 5.41) is 16.3. The molecule has 5 nitrogen and oxygen atoms in total. The maximum Gasteiger partial charge on any atom is 0.191 e. The van der Waals surface area contributed by atoms with Crippen molar-refractivity contribution in [2.75, 3.05) is 26.7 Å². The van der Waals surface area contributed by atoms with Crippen molar-refractivity contribution >= 4 is 5.96 Å². The highest BCUT2D eigenvalue weighted by Crippen LogP contribution is 2.23. The maximum absolute atomic E-state index is 9.88. The summed E-state index contributed by atoms with van der Waals surface area (Å²) in [6.45, 7) is 6.50. The molecule has 0 aliphatic rings. The smallest absolute Gasteiger partial charge is 0.191 e. The van der Waals surface area contributed by atoms with E-state index in [2.05, 4.69) is 22.5 Å². The third-order valence-corrected chi connectivity index (χ3v) is 2.82. The van der Waals surface area contributed by atoms with Gasteiger partial charge in [-0.15, -0.1) is 0 Å². The first kappa shape index (κ1) is 16.1. The van der Waals surface area contributed by atoms with Gasteiger partial charge in [-0.3, -0.25) is 4.99 Å². The van der Waals surface area contributed by atoms with Crippen LogP contribution in [0, 0.1) is 0 Å². The summed E-state index contributed by atoms with van der Waals surface area (Å²) in [5.74, 6) is 1.75. The molecule has 0 unspecified atom stereocenters. The number of phenolic OH excluding ortho intramolecular Hbond substituents is 1. The van der Waals surface area contributed by atoms with Crippen LogP contribution in [0.3, 0.4) is 0 Å². The highest BCUT2D eigenvalue weighted by Gasteiger charge is 2.03. The van der Waals surface area contributed by atoms with Gasteiger partial charge in [0.15, 0.2) is 5.96 Å². The molecule has 0 radical (unpaired) electrons. The zero-order valence-corrected chi connectivity index (χ0v) is 12.6. The van der Waals surface area contributed by atoms with Gasteiger partial charge >= 0.3 is 0 Å². The van der Waals surface area contributed by atoms with Crippen LogP contribution in [0.4, 0.5) is 0 Å². The molecule has 3 N–H and O–H groups in total. The zero-order valence-electron chi connectivity index (χ0n) is 12.6. The minimum absolute atomic E-state index is 0.265. The lowest BCUT2D eigenvalue weighted by Gasteiger charge is -2.12. The Morgan fingerprint density at radius 2 is 2.10 bits per heavy atom. The van der Waals surface area contributed by atoms with E-state index in [-0.39, 0.29) is 5.75 Å².